The summed E-state index contributed by atoms with van der Waals surface area (Å²) in [5.41, 5.74) is 0. The van der Waals surface area contributed by atoms with Crippen molar-refractivity contribution in [2.75, 3.05) is 0 Å². The summed E-state index contributed by atoms with van der Waals surface area (Å²) in [7, 11) is 0. The van der Waals surface area contributed by atoms with Gasteiger partial charge in [-0.3, -0.25) is 0 Å². The molecule has 0 aliphatic heterocycles. The Labute approximate surface area is 64.3 Å². The van der Waals surface area contributed by atoms with Crippen LogP contribution in [0.4, 0.5) is 40.6 Å². The molecule has 0 atom stereocenters. The Hall–Kier alpha value is -0.181. The molecule has 0 radical (unpaired) electrons. The van der Waals surface area contributed by atoms with Crippen LogP contribution in [0.25, 0.3) is 0 Å². The fourth-order valence-corrected chi connectivity index (χ4v) is 0.682. The molecule has 84 valence electrons. The van der Waals surface area contributed by atoms with Crippen LogP contribution in [0.5, 0.6) is 0 Å². The third kappa shape index (κ3) is 1.28. The first kappa shape index (κ1) is 12.8. The molecule has 0 heterocycles. The fourth-order valence-electron chi connectivity index (χ4n) is 0.131. The van der Waals surface area contributed by atoms with Gasteiger partial charge in [-0.15, -0.1) is 0 Å². The molecular formula is C2F10Se. The Bertz CT molecular complexity index is 199. The normalized spacial score (nSPS) is 20.8. The van der Waals surface area contributed by atoms with Gasteiger partial charge in [0.1, 0.15) is 0 Å². The van der Waals surface area contributed by atoms with Crippen LogP contribution in [0.1, 0.15) is 0 Å². The van der Waals surface area contributed by atoms with E-state index in [0.717, 1.165) is 0 Å². The summed E-state index contributed by atoms with van der Waals surface area (Å²) in [4.78, 5) is 0. The number of rotatable bonds is 0. The Morgan fingerprint density at radius 1 is 0.538 bits per heavy atom. The summed E-state index contributed by atoms with van der Waals surface area (Å²) in [6, 6.07) is 0. The van der Waals surface area contributed by atoms with Crippen molar-refractivity contribution in [2.45, 2.75) is 10.1 Å². The Morgan fingerprint density at radius 2 is 0.692 bits per heavy atom. The molecule has 0 nitrogen and oxygen atoms in total. The van der Waals surface area contributed by atoms with E-state index in [-0.39, 0.29) is 0 Å². The fraction of sp³-hybridized carbons (Fsp3) is 1.00. The first-order chi connectivity index (χ1) is 5.04. The van der Waals surface area contributed by atoms with E-state index < -0.39 is 22.7 Å². The first-order valence-electron chi connectivity index (χ1n) is 2.16. The molecule has 0 aliphatic rings. The molecule has 0 aromatic rings. The van der Waals surface area contributed by atoms with Crippen LogP contribution in [-0.2, 0) is 0 Å². The second-order valence-electron chi connectivity index (χ2n) is 1.96. The van der Waals surface area contributed by atoms with Crippen molar-refractivity contribution in [2.24, 2.45) is 0 Å². The summed E-state index contributed by atoms with van der Waals surface area (Å²) >= 11 is -12.6. The van der Waals surface area contributed by atoms with E-state index in [9.17, 15) is 40.6 Å². The van der Waals surface area contributed by atoms with Gasteiger partial charge < -0.3 is 0 Å². The van der Waals surface area contributed by atoms with Crippen molar-refractivity contribution in [1.29, 1.82) is 0 Å². The van der Waals surface area contributed by atoms with Crippen LogP contribution in [0, 0.1) is 0 Å². The van der Waals surface area contributed by atoms with Crippen molar-refractivity contribution in [3.05, 3.63) is 0 Å². The minimum absolute atomic E-state index is 7.87. The van der Waals surface area contributed by atoms with Gasteiger partial charge in [-0.05, 0) is 0 Å². The van der Waals surface area contributed by atoms with E-state index in [1.54, 1.807) is 0 Å². The van der Waals surface area contributed by atoms with E-state index in [4.69, 9.17) is 0 Å². The van der Waals surface area contributed by atoms with Crippen molar-refractivity contribution in [3.63, 3.8) is 0 Å². The Kier molecular flexibility index (Phi) is 1.90. The standard InChI is InChI=1S/C2F10Se/c3-1(4,5)13(9,10,11,12)2(6,7)8. The third-order valence-electron chi connectivity index (χ3n) is 0.931. The van der Waals surface area contributed by atoms with Crippen LogP contribution >= 0.6 is 0 Å². The zero-order chi connectivity index (χ0) is 11.4. The summed E-state index contributed by atoms with van der Waals surface area (Å²) < 4.78 is 111. The van der Waals surface area contributed by atoms with Gasteiger partial charge in [0.05, 0.1) is 0 Å². The molecule has 11 heteroatoms. The summed E-state index contributed by atoms with van der Waals surface area (Å²) in [6.07, 6.45) is 0. The number of hydrogen-bond donors (Lipinski definition) is 0. The second kappa shape index (κ2) is 1.92. The van der Waals surface area contributed by atoms with Crippen LogP contribution in [-0.4, -0.2) is 22.7 Å². The maximum atomic E-state index is 11.4. The van der Waals surface area contributed by atoms with Gasteiger partial charge in [-0.25, -0.2) is 0 Å². The van der Waals surface area contributed by atoms with Crippen molar-refractivity contribution >= 4 is 12.5 Å². The number of alkyl halides is 6. The topological polar surface area (TPSA) is 0 Å². The number of halogens is 10. The van der Waals surface area contributed by atoms with Crippen molar-refractivity contribution < 1.29 is 40.6 Å². The van der Waals surface area contributed by atoms with Crippen molar-refractivity contribution in [1.82, 2.24) is 0 Å². The van der Waals surface area contributed by atoms with Gasteiger partial charge in [-0.1, -0.05) is 0 Å². The minimum atomic E-state index is -12.6. The quantitative estimate of drug-likeness (QED) is 0.474. The maximum absolute atomic E-state index is 12.6. The van der Waals surface area contributed by atoms with Crippen LogP contribution in [0.15, 0.2) is 0 Å². The van der Waals surface area contributed by atoms with Gasteiger partial charge in [0.2, 0.25) is 0 Å². The predicted molar refractivity (Wildman–Crippen MR) is 22.3 cm³/mol. The van der Waals surface area contributed by atoms with Gasteiger partial charge in [-0.2, -0.15) is 0 Å². The molecule has 0 saturated carbocycles. The van der Waals surface area contributed by atoms with Crippen LogP contribution in [0.2, 0.25) is 0 Å². The van der Waals surface area contributed by atoms with Gasteiger partial charge in [0, 0.05) is 0 Å². The Balaban J connectivity index is 5.86. The molecule has 0 bridgehead atoms. The molecule has 0 rings (SSSR count). The molecular weight excluding hydrogens is 293 g/mol. The molecule has 13 heavy (non-hydrogen) atoms. The van der Waals surface area contributed by atoms with E-state index in [2.05, 4.69) is 0 Å². The molecule has 0 amide bonds. The van der Waals surface area contributed by atoms with Gasteiger partial charge in [0.15, 0.2) is 0 Å². The zero-order valence-electron chi connectivity index (χ0n) is 5.19. The molecule has 0 spiro atoms. The first-order valence-corrected chi connectivity index (χ1v) is 6.46. The van der Waals surface area contributed by atoms with Crippen LogP contribution in [0.3, 0.4) is 0 Å². The summed E-state index contributed by atoms with van der Waals surface area (Å²) in [5.74, 6) is 0. The zero-order valence-corrected chi connectivity index (χ0v) is 6.90. The van der Waals surface area contributed by atoms with E-state index in [0.29, 0.717) is 0 Å². The Morgan fingerprint density at radius 3 is 0.692 bits per heavy atom. The number of hydrogen-bond acceptors (Lipinski definition) is 0. The van der Waals surface area contributed by atoms with E-state index in [1.807, 2.05) is 0 Å². The summed E-state index contributed by atoms with van der Waals surface area (Å²) in [6.45, 7) is 0. The van der Waals surface area contributed by atoms with Gasteiger partial charge >= 0.3 is 63.3 Å². The molecule has 0 aromatic heterocycles. The second-order valence-corrected chi connectivity index (χ2v) is 8.39. The molecule has 0 fully saturated rings. The van der Waals surface area contributed by atoms with E-state index >= 15 is 0 Å². The molecule has 0 aliphatic carbocycles. The molecule has 0 unspecified atom stereocenters. The summed E-state index contributed by atoms with van der Waals surface area (Å²) in [5, 5.41) is -15.7. The third-order valence-corrected chi connectivity index (χ3v) is 4.84. The van der Waals surface area contributed by atoms with Crippen molar-refractivity contribution in [3.8, 4) is 0 Å². The van der Waals surface area contributed by atoms with Crippen LogP contribution < -0.4 is 0 Å². The average Bonchev–Trinajstić information content (AvgIpc) is 1.51. The predicted octanol–water partition coefficient (Wildman–Crippen LogP) is 3.41. The molecule has 0 saturated heterocycles. The average molecular weight is 293 g/mol. The van der Waals surface area contributed by atoms with Gasteiger partial charge in [0.25, 0.3) is 0 Å². The molecule has 0 aromatic carbocycles. The monoisotopic (exact) mass is 294 g/mol. The molecule has 0 N–H and O–H groups in total. The SMILES string of the molecule is FC(F)(F)[Se](F)(F)(F)(F)C(F)(F)F. The van der Waals surface area contributed by atoms with E-state index in [1.165, 1.54) is 0 Å².